The molecule has 8 heteroatoms. The average molecular weight is 340 g/mol. The molecular weight excluding hydrogens is 316 g/mol. The van der Waals surface area contributed by atoms with Gasteiger partial charge in [-0.1, -0.05) is 13.3 Å². The molecule has 1 aliphatic heterocycles. The summed E-state index contributed by atoms with van der Waals surface area (Å²) in [4.78, 5) is 6.66. The zero-order valence-electron chi connectivity index (χ0n) is 14.6. The number of tetrazole rings is 1. The van der Waals surface area contributed by atoms with Crippen LogP contribution in [-0.4, -0.2) is 49.7 Å². The fraction of sp³-hybridized carbons (Fsp3) is 0.588. The van der Waals surface area contributed by atoms with Crippen LogP contribution >= 0.6 is 0 Å². The zero-order valence-corrected chi connectivity index (χ0v) is 14.6. The molecular formula is C17H24N8. The van der Waals surface area contributed by atoms with Crippen molar-refractivity contribution < 1.29 is 0 Å². The lowest BCUT2D eigenvalue weighted by atomic mass is 10.1. The minimum Gasteiger partial charge on any atom is -0.370 e. The second-order valence-corrected chi connectivity index (χ2v) is 6.49. The average Bonchev–Trinajstić information content (AvgIpc) is 3.28. The van der Waals surface area contributed by atoms with E-state index in [9.17, 15) is 0 Å². The minimum absolute atomic E-state index is 0.581. The summed E-state index contributed by atoms with van der Waals surface area (Å²) in [6.45, 7) is 6.85. The number of hydrogen-bond acceptors (Lipinski definition) is 7. The first-order valence-corrected chi connectivity index (χ1v) is 8.86. The quantitative estimate of drug-likeness (QED) is 0.781. The van der Waals surface area contributed by atoms with Crippen LogP contribution < -0.4 is 5.32 Å². The van der Waals surface area contributed by atoms with Gasteiger partial charge in [-0.15, -0.1) is 5.10 Å². The van der Waals surface area contributed by atoms with Crippen molar-refractivity contribution in [3.63, 3.8) is 0 Å². The monoisotopic (exact) mass is 340 g/mol. The van der Waals surface area contributed by atoms with Crippen LogP contribution in [0.4, 0.5) is 5.82 Å². The third-order valence-electron chi connectivity index (χ3n) is 4.53. The molecule has 2 aromatic heterocycles. The molecule has 1 saturated heterocycles. The molecule has 1 aliphatic rings. The number of unbranched alkanes of at least 4 members (excludes halogenated alkanes) is 1. The van der Waals surface area contributed by atoms with Crippen LogP contribution in [0.15, 0.2) is 18.3 Å². The number of pyridine rings is 1. The van der Waals surface area contributed by atoms with Crippen molar-refractivity contribution in [2.75, 3.05) is 25.0 Å². The van der Waals surface area contributed by atoms with Gasteiger partial charge in [0.05, 0.1) is 12.1 Å². The first-order valence-electron chi connectivity index (χ1n) is 8.86. The topological polar surface area (TPSA) is 95.5 Å². The summed E-state index contributed by atoms with van der Waals surface area (Å²) < 4.78 is 1.93. The van der Waals surface area contributed by atoms with Crippen molar-refractivity contribution in [2.45, 2.75) is 39.3 Å². The standard InChI is InChI=1S/C17H24N8/c1-2-3-7-25-17(21-22-23-25)13-24-8-6-15(12-24)11-20-16-5-4-14(9-18)10-19-16/h4-5,10,15H,2-3,6-8,11-13H2,1H3,(H,19,20). The Hall–Kier alpha value is -2.53. The first kappa shape index (κ1) is 17.3. The summed E-state index contributed by atoms with van der Waals surface area (Å²) in [5, 5.41) is 24.3. The van der Waals surface area contributed by atoms with Crippen LogP contribution in [-0.2, 0) is 13.1 Å². The number of nitriles is 1. The molecule has 0 saturated carbocycles. The smallest absolute Gasteiger partial charge is 0.165 e. The van der Waals surface area contributed by atoms with Crippen LogP contribution in [0.1, 0.15) is 37.6 Å². The van der Waals surface area contributed by atoms with E-state index in [-0.39, 0.29) is 0 Å². The summed E-state index contributed by atoms with van der Waals surface area (Å²) in [6.07, 6.45) is 4.99. The Balaban J connectivity index is 1.45. The van der Waals surface area contributed by atoms with Gasteiger partial charge < -0.3 is 5.32 Å². The molecule has 0 aliphatic carbocycles. The van der Waals surface area contributed by atoms with Crippen molar-refractivity contribution in [1.82, 2.24) is 30.1 Å². The fourth-order valence-electron chi connectivity index (χ4n) is 3.05. The van der Waals surface area contributed by atoms with E-state index >= 15 is 0 Å². The highest BCUT2D eigenvalue weighted by atomic mass is 15.5. The maximum absolute atomic E-state index is 8.80. The maximum Gasteiger partial charge on any atom is 0.165 e. The van der Waals surface area contributed by atoms with Gasteiger partial charge in [0, 0.05) is 25.8 Å². The normalized spacial score (nSPS) is 17.5. The Morgan fingerprint density at radius 2 is 2.32 bits per heavy atom. The van der Waals surface area contributed by atoms with Gasteiger partial charge >= 0.3 is 0 Å². The molecule has 132 valence electrons. The van der Waals surface area contributed by atoms with Gasteiger partial charge in [0.2, 0.25) is 0 Å². The lowest BCUT2D eigenvalue weighted by molar-refractivity contribution is 0.301. The molecule has 1 N–H and O–H groups in total. The third-order valence-corrected chi connectivity index (χ3v) is 4.53. The predicted molar refractivity (Wildman–Crippen MR) is 93.6 cm³/mol. The Kier molecular flexibility index (Phi) is 5.90. The first-order chi connectivity index (χ1) is 12.3. The van der Waals surface area contributed by atoms with Crippen molar-refractivity contribution in [1.29, 1.82) is 5.26 Å². The molecule has 3 heterocycles. The summed E-state index contributed by atoms with van der Waals surface area (Å²) in [6, 6.07) is 5.72. The Morgan fingerprint density at radius 3 is 3.08 bits per heavy atom. The Bertz CT molecular complexity index is 702. The van der Waals surface area contributed by atoms with Gasteiger partial charge in [-0.2, -0.15) is 5.26 Å². The van der Waals surface area contributed by atoms with Crippen LogP contribution in [0, 0.1) is 17.2 Å². The van der Waals surface area contributed by atoms with Crippen molar-refractivity contribution in [2.24, 2.45) is 5.92 Å². The number of rotatable bonds is 8. The van der Waals surface area contributed by atoms with Crippen LogP contribution in [0.3, 0.4) is 0 Å². The number of likely N-dealkylation sites (tertiary alicyclic amines) is 1. The molecule has 2 aromatic rings. The molecule has 1 fully saturated rings. The lowest BCUT2D eigenvalue weighted by Gasteiger charge is -2.16. The van der Waals surface area contributed by atoms with E-state index < -0.39 is 0 Å². The number of hydrogen-bond donors (Lipinski definition) is 1. The summed E-state index contributed by atoms with van der Waals surface area (Å²) in [7, 11) is 0. The number of aryl methyl sites for hydroxylation is 1. The molecule has 0 radical (unpaired) electrons. The molecule has 0 aromatic carbocycles. The van der Waals surface area contributed by atoms with Gasteiger partial charge in [-0.25, -0.2) is 9.67 Å². The highest BCUT2D eigenvalue weighted by Crippen LogP contribution is 2.18. The molecule has 0 amide bonds. The lowest BCUT2D eigenvalue weighted by Crippen LogP contribution is -2.24. The van der Waals surface area contributed by atoms with E-state index in [0.717, 1.165) is 63.6 Å². The van der Waals surface area contributed by atoms with Crippen molar-refractivity contribution in [3.05, 3.63) is 29.7 Å². The van der Waals surface area contributed by atoms with E-state index in [4.69, 9.17) is 5.26 Å². The third kappa shape index (κ3) is 4.73. The molecule has 3 rings (SSSR count). The highest BCUT2D eigenvalue weighted by Gasteiger charge is 2.24. The molecule has 8 nitrogen and oxygen atoms in total. The van der Waals surface area contributed by atoms with E-state index in [0.29, 0.717) is 11.5 Å². The highest BCUT2D eigenvalue weighted by molar-refractivity contribution is 5.38. The van der Waals surface area contributed by atoms with Gasteiger partial charge in [-0.3, -0.25) is 4.90 Å². The molecule has 1 atom stereocenters. The van der Waals surface area contributed by atoms with Crippen LogP contribution in [0.25, 0.3) is 0 Å². The summed E-state index contributed by atoms with van der Waals surface area (Å²) in [5.74, 6) is 2.36. The van der Waals surface area contributed by atoms with E-state index in [1.54, 1.807) is 12.3 Å². The van der Waals surface area contributed by atoms with E-state index in [1.165, 1.54) is 0 Å². The predicted octanol–water partition coefficient (Wildman–Crippen LogP) is 1.67. The molecule has 25 heavy (non-hydrogen) atoms. The van der Waals surface area contributed by atoms with E-state index in [2.05, 4.69) is 43.7 Å². The van der Waals surface area contributed by atoms with Crippen molar-refractivity contribution in [3.8, 4) is 6.07 Å². The minimum atomic E-state index is 0.581. The number of aromatic nitrogens is 5. The second kappa shape index (κ2) is 8.53. The number of nitrogens with zero attached hydrogens (tertiary/aromatic N) is 7. The Labute approximate surface area is 147 Å². The van der Waals surface area contributed by atoms with Gasteiger partial charge in [0.25, 0.3) is 0 Å². The van der Waals surface area contributed by atoms with Gasteiger partial charge in [0.15, 0.2) is 5.82 Å². The SMILES string of the molecule is CCCCn1nnnc1CN1CCC(CNc2ccc(C#N)cn2)C1. The Morgan fingerprint density at radius 1 is 1.40 bits per heavy atom. The summed E-state index contributed by atoms with van der Waals surface area (Å²) in [5.41, 5.74) is 0.582. The van der Waals surface area contributed by atoms with Crippen LogP contribution in [0.2, 0.25) is 0 Å². The second-order valence-electron chi connectivity index (χ2n) is 6.49. The molecule has 0 spiro atoms. The maximum atomic E-state index is 8.80. The van der Waals surface area contributed by atoms with Gasteiger partial charge in [0.1, 0.15) is 11.9 Å². The van der Waals surface area contributed by atoms with E-state index in [1.807, 2.05) is 10.7 Å². The van der Waals surface area contributed by atoms with Gasteiger partial charge in [-0.05, 0) is 47.9 Å². The van der Waals surface area contributed by atoms with Crippen molar-refractivity contribution >= 4 is 5.82 Å². The zero-order chi connectivity index (χ0) is 17.5. The fourth-order valence-corrected chi connectivity index (χ4v) is 3.05. The largest absolute Gasteiger partial charge is 0.370 e. The van der Waals surface area contributed by atoms with Crippen LogP contribution in [0.5, 0.6) is 0 Å². The molecule has 0 bridgehead atoms. The number of nitrogens with one attached hydrogen (secondary N) is 1. The number of anilines is 1. The molecule has 1 unspecified atom stereocenters. The summed E-state index contributed by atoms with van der Waals surface area (Å²) >= 11 is 0.